The van der Waals surface area contributed by atoms with Crippen molar-refractivity contribution in [2.24, 2.45) is 0 Å². The molecule has 12 rings (SSSR count). The number of fused-ring (bicyclic) bond motifs is 11. The SMILES string of the molecule is c1ccc(-c2ccc3c4ccccc4c4ccccc4c3c2)c(-c2ccc(-c3c4ccccc4c(-c4ccc5sc6ccccc6c5c4)c4ccccc34)cc2)c1. The van der Waals surface area contributed by atoms with Crippen molar-refractivity contribution in [1.29, 1.82) is 0 Å². The summed E-state index contributed by atoms with van der Waals surface area (Å²) in [5.41, 5.74) is 9.95. The Morgan fingerprint density at radius 3 is 1.18 bits per heavy atom. The fourth-order valence-corrected chi connectivity index (χ4v) is 10.6. The Hall–Kier alpha value is -7.06. The molecule has 0 saturated heterocycles. The monoisotopic (exact) mass is 738 g/mol. The van der Waals surface area contributed by atoms with Crippen LogP contribution in [0.2, 0.25) is 0 Å². The molecule has 0 aliphatic heterocycles. The van der Waals surface area contributed by atoms with Crippen molar-refractivity contribution < 1.29 is 0 Å². The average molecular weight is 739 g/mol. The molecule has 0 aliphatic carbocycles. The van der Waals surface area contributed by atoms with Crippen molar-refractivity contribution >= 4 is 85.4 Å². The minimum Gasteiger partial charge on any atom is -0.135 e. The molecule has 12 aromatic rings. The van der Waals surface area contributed by atoms with E-state index in [2.05, 4.69) is 206 Å². The Kier molecular flexibility index (Phi) is 7.20. The van der Waals surface area contributed by atoms with Crippen LogP contribution in [0, 0.1) is 0 Å². The smallest absolute Gasteiger partial charge is 0.0355 e. The maximum Gasteiger partial charge on any atom is 0.0355 e. The molecule has 0 atom stereocenters. The molecule has 1 heteroatoms. The van der Waals surface area contributed by atoms with Crippen LogP contribution in [0.15, 0.2) is 206 Å². The second-order valence-corrected chi connectivity index (χ2v) is 16.2. The molecule has 0 aliphatic rings. The van der Waals surface area contributed by atoms with Crippen LogP contribution in [-0.4, -0.2) is 0 Å². The molecule has 0 amide bonds. The van der Waals surface area contributed by atoms with E-state index in [4.69, 9.17) is 0 Å². The Balaban J connectivity index is 1.00. The van der Waals surface area contributed by atoms with E-state index < -0.39 is 0 Å². The summed E-state index contributed by atoms with van der Waals surface area (Å²) < 4.78 is 2.66. The average Bonchev–Trinajstić information content (AvgIpc) is 3.66. The van der Waals surface area contributed by atoms with Gasteiger partial charge in [0.15, 0.2) is 0 Å². The maximum absolute atomic E-state index is 2.41. The molecule has 0 N–H and O–H groups in total. The van der Waals surface area contributed by atoms with Gasteiger partial charge in [0.25, 0.3) is 0 Å². The standard InChI is InChI=1S/C56H34S/c1-2-14-40(37-29-31-45-43-17-4-3-15-41(43)42-16-5-6-18-44(42)51(45)33-37)39(13-1)35-25-27-36(28-26-35)55-47-20-7-9-22-49(47)56(50-23-10-8-21-48(50)55)38-30-32-54-52(34-38)46-19-11-12-24-53(46)57-54/h1-34H. The first-order valence-electron chi connectivity index (χ1n) is 19.7. The Morgan fingerprint density at radius 1 is 0.211 bits per heavy atom. The predicted octanol–water partition coefficient (Wildman–Crippen LogP) is 16.5. The zero-order valence-electron chi connectivity index (χ0n) is 31.0. The summed E-state index contributed by atoms with van der Waals surface area (Å²) >= 11 is 1.87. The summed E-state index contributed by atoms with van der Waals surface area (Å²) in [6.07, 6.45) is 0. The van der Waals surface area contributed by atoms with E-state index in [1.165, 1.54) is 119 Å². The van der Waals surface area contributed by atoms with Crippen molar-refractivity contribution in [2.75, 3.05) is 0 Å². The first kappa shape index (κ1) is 32.2. The van der Waals surface area contributed by atoms with Crippen LogP contribution in [0.1, 0.15) is 0 Å². The number of thiophene rings is 1. The summed E-state index contributed by atoms with van der Waals surface area (Å²) in [4.78, 5) is 0. The number of benzene rings is 11. The largest absolute Gasteiger partial charge is 0.135 e. The normalized spacial score (nSPS) is 11.9. The van der Waals surface area contributed by atoms with E-state index >= 15 is 0 Å². The van der Waals surface area contributed by atoms with Gasteiger partial charge in [0.2, 0.25) is 0 Å². The van der Waals surface area contributed by atoms with Crippen LogP contribution >= 0.6 is 11.3 Å². The van der Waals surface area contributed by atoms with Gasteiger partial charge in [-0.25, -0.2) is 0 Å². The summed E-state index contributed by atoms with van der Waals surface area (Å²) in [7, 11) is 0. The quantitative estimate of drug-likeness (QED) is 0.125. The predicted molar refractivity (Wildman–Crippen MR) is 249 cm³/mol. The van der Waals surface area contributed by atoms with Gasteiger partial charge in [-0.15, -0.1) is 11.3 Å². The van der Waals surface area contributed by atoms with Gasteiger partial charge in [0, 0.05) is 20.2 Å². The molecule has 0 bridgehead atoms. The van der Waals surface area contributed by atoms with Gasteiger partial charge in [-0.3, -0.25) is 0 Å². The molecule has 0 spiro atoms. The summed E-state index contributed by atoms with van der Waals surface area (Å²) in [6.45, 7) is 0. The van der Waals surface area contributed by atoms with Crippen molar-refractivity contribution in [3.05, 3.63) is 206 Å². The van der Waals surface area contributed by atoms with E-state index in [1.54, 1.807) is 0 Å². The van der Waals surface area contributed by atoms with E-state index in [0.29, 0.717) is 0 Å². The van der Waals surface area contributed by atoms with Crippen LogP contribution < -0.4 is 0 Å². The zero-order chi connectivity index (χ0) is 37.5. The van der Waals surface area contributed by atoms with Crippen LogP contribution in [0.25, 0.3) is 119 Å². The second-order valence-electron chi connectivity index (χ2n) is 15.1. The molecule has 0 nitrogen and oxygen atoms in total. The molecule has 0 saturated carbocycles. The van der Waals surface area contributed by atoms with Crippen LogP contribution in [0.3, 0.4) is 0 Å². The Labute approximate surface area is 334 Å². The van der Waals surface area contributed by atoms with Crippen molar-refractivity contribution in [3.8, 4) is 44.5 Å². The molecule has 264 valence electrons. The van der Waals surface area contributed by atoms with Gasteiger partial charge < -0.3 is 0 Å². The summed E-state index contributed by atoms with van der Waals surface area (Å²) in [6, 6.07) is 76.5. The second kappa shape index (κ2) is 12.7. The number of hydrogen-bond acceptors (Lipinski definition) is 1. The molecule has 0 fully saturated rings. The lowest BCUT2D eigenvalue weighted by atomic mass is 9.85. The van der Waals surface area contributed by atoms with Gasteiger partial charge in [0.05, 0.1) is 0 Å². The summed E-state index contributed by atoms with van der Waals surface area (Å²) in [5.74, 6) is 0. The van der Waals surface area contributed by atoms with E-state index in [-0.39, 0.29) is 0 Å². The van der Waals surface area contributed by atoms with Crippen LogP contribution in [-0.2, 0) is 0 Å². The van der Waals surface area contributed by atoms with E-state index in [9.17, 15) is 0 Å². The number of rotatable bonds is 4. The molecule has 57 heavy (non-hydrogen) atoms. The minimum atomic E-state index is 1.21. The topological polar surface area (TPSA) is 0 Å². The highest BCUT2D eigenvalue weighted by Crippen LogP contribution is 2.46. The third kappa shape index (κ3) is 4.99. The van der Waals surface area contributed by atoms with Crippen molar-refractivity contribution in [1.82, 2.24) is 0 Å². The fourth-order valence-electron chi connectivity index (χ4n) is 9.51. The van der Waals surface area contributed by atoms with Gasteiger partial charge >= 0.3 is 0 Å². The minimum absolute atomic E-state index is 1.21. The lowest BCUT2D eigenvalue weighted by Gasteiger charge is -2.18. The van der Waals surface area contributed by atoms with Gasteiger partial charge in [-0.1, -0.05) is 182 Å². The van der Waals surface area contributed by atoms with Gasteiger partial charge in [-0.05, 0) is 123 Å². The molecular formula is C56H34S. The highest BCUT2D eigenvalue weighted by atomic mass is 32.1. The first-order chi connectivity index (χ1) is 28.3. The highest BCUT2D eigenvalue weighted by molar-refractivity contribution is 7.25. The van der Waals surface area contributed by atoms with E-state index in [1.807, 2.05) is 11.3 Å². The van der Waals surface area contributed by atoms with Crippen molar-refractivity contribution in [3.63, 3.8) is 0 Å². The molecule has 1 aromatic heterocycles. The molecule has 1 heterocycles. The number of hydrogen-bond donors (Lipinski definition) is 0. The lowest BCUT2D eigenvalue weighted by Crippen LogP contribution is -1.91. The molecule has 0 unspecified atom stereocenters. The third-order valence-corrected chi connectivity index (χ3v) is 13.2. The molecule has 0 radical (unpaired) electrons. The first-order valence-corrected chi connectivity index (χ1v) is 20.5. The van der Waals surface area contributed by atoms with Gasteiger partial charge in [0.1, 0.15) is 0 Å². The van der Waals surface area contributed by atoms with E-state index in [0.717, 1.165) is 0 Å². The summed E-state index contributed by atoms with van der Waals surface area (Å²) in [5, 5.41) is 15.5. The van der Waals surface area contributed by atoms with Crippen LogP contribution in [0.4, 0.5) is 0 Å². The molecular weight excluding hydrogens is 705 g/mol. The Morgan fingerprint density at radius 2 is 0.579 bits per heavy atom. The third-order valence-electron chi connectivity index (χ3n) is 12.1. The maximum atomic E-state index is 2.41. The highest BCUT2D eigenvalue weighted by Gasteiger charge is 2.18. The zero-order valence-corrected chi connectivity index (χ0v) is 31.9. The van der Waals surface area contributed by atoms with Crippen molar-refractivity contribution in [2.45, 2.75) is 0 Å². The van der Waals surface area contributed by atoms with Gasteiger partial charge in [-0.2, -0.15) is 0 Å². The Bertz CT molecular complexity index is 3480. The van der Waals surface area contributed by atoms with Crippen LogP contribution in [0.5, 0.6) is 0 Å². The molecule has 11 aromatic carbocycles. The lowest BCUT2D eigenvalue weighted by molar-refractivity contribution is 1.59. The fraction of sp³-hybridized carbons (Fsp3) is 0.